The van der Waals surface area contributed by atoms with Crippen molar-refractivity contribution in [3.05, 3.63) is 0 Å². The lowest BCUT2D eigenvalue weighted by Gasteiger charge is -2.29. The second kappa shape index (κ2) is 8.79. The van der Waals surface area contributed by atoms with Crippen LogP contribution in [-0.2, 0) is 9.59 Å². The molecular formula is C10Cl2F18O2. The molecule has 0 saturated heterocycles. The number of rotatable bonds is 4. The normalized spacial score (nSPS) is 15.1. The second-order valence-electron chi connectivity index (χ2n) is 4.96. The van der Waals surface area contributed by atoms with Gasteiger partial charge in [0, 0.05) is 0 Å². The molecule has 0 aromatic heterocycles. The maximum absolute atomic E-state index is 12.5. The van der Waals surface area contributed by atoms with Gasteiger partial charge >= 0.3 is 46.8 Å². The standard InChI is InChI=1S/2C5ClF9O/c2*6-3(8,9)1(16)2(7,4(10,11)12)5(13,14)15. The largest absolute Gasteiger partial charge is 0.439 e. The van der Waals surface area contributed by atoms with Gasteiger partial charge in [-0.2, -0.15) is 70.2 Å². The third-order valence-corrected chi connectivity index (χ3v) is 3.05. The van der Waals surface area contributed by atoms with E-state index in [1.165, 1.54) is 0 Å². The molecule has 32 heavy (non-hydrogen) atoms. The van der Waals surface area contributed by atoms with Gasteiger partial charge in [0.2, 0.25) is 0 Å². The van der Waals surface area contributed by atoms with Crippen molar-refractivity contribution in [2.75, 3.05) is 0 Å². The van der Waals surface area contributed by atoms with Crippen LogP contribution in [0, 0.1) is 0 Å². The van der Waals surface area contributed by atoms with E-state index < -0.39 is 58.4 Å². The predicted octanol–water partition coefficient (Wildman–Crippen LogP) is 6.44. The number of ketones is 2. The number of halogens is 20. The van der Waals surface area contributed by atoms with E-state index in [1.54, 1.807) is 0 Å². The van der Waals surface area contributed by atoms with Crippen molar-refractivity contribution in [1.29, 1.82) is 0 Å². The van der Waals surface area contributed by atoms with Crippen LogP contribution in [0.15, 0.2) is 0 Å². The summed E-state index contributed by atoms with van der Waals surface area (Å²) in [5.74, 6) is -8.25. The average Bonchev–Trinajstić information content (AvgIpc) is 2.46. The smallest absolute Gasteiger partial charge is 0.287 e. The topological polar surface area (TPSA) is 34.1 Å². The Hall–Kier alpha value is -1.34. The van der Waals surface area contributed by atoms with Gasteiger partial charge in [0.1, 0.15) is 0 Å². The summed E-state index contributed by atoms with van der Waals surface area (Å²) >= 11 is 7.31. The molecule has 0 aliphatic carbocycles. The van der Waals surface area contributed by atoms with Crippen molar-refractivity contribution < 1.29 is 88.6 Å². The third kappa shape index (κ3) is 6.37. The molecule has 0 bridgehead atoms. The van der Waals surface area contributed by atoms with Crippen molar-refractivity contribution in [2.24, 2.45) is 0 Å². The highest BCUT2D eigenvalue weighted by atomic mass is 35.5. The molecule has 0 fully saturated rings. The first-order chi connectivity index (χ1) is 13.3. The molecule has 0 aliphatic rings. The van der Waals surface area contributed by atoms with E-state index in [0.717, 1.165) is 0 Å². The molecule has 0 atom stereocenters. The van der Waals surface area contributed by atoms with E-state index in [-0.39, 0.29) is 0 Å². The molecule has 0 heterocycles. The van der Waals surface area contributed by atoms with Gasteiger partial charge in [-0.15, -0.1) is 0 Å². The van der Waals surface area contributed by atoms with Gasteiger partial charge < -0.3 is 0 Å². The Balaban J connectivity index is 0. The van der Waals surface area contributed by atoms with Crippen LogP contribution in [0.1, 0.15) is 0 Å². The van der Waals surface area contributed by atoms with E-state index in [1.807, 2.05) is 0 Å². The van der Waals surface area contributed by atoms with Crippen LogP contribution in [0.4, 0.5) is 79.0 Å². The van der Waals surface area contributed by atoms with Crippen molar-refractivity contribution in [3.63, 3.8) is 0 Å². The lowest BCUT2D eigenvalue weighted by atomic mass is 9.99. The first-order valence-electron chi connectivity index (χ1n) is 6.19. The van der Waals surface area contributed by atoms with Gasteiger partial charge in [-0.05, 0) is 23.2 Å². The van der Waals surface area contributed by atoms with Gasteiger partial charge in [0.15, 0.2) is 0 Å². The van der Waals surface area contributed by atoms with Crippen LogP contribution in [-0.4, -0.2) is 58.4 Å². The van der Waals surface area contributed by atoms with Crippen molar-refractivity contribution in [3.8, 4) is 0 Å². The molecule has 2 nitrogen and oxygen atoms in total. The highest BCUT2D eigenvalue weighted by Gasteiger charge is 2.81. The summed E-state index contributed by atoms with van der Waals surface area (Å²) in [6.45, 7) is 0. The summed E-state index contributed by atoms with van der Waals surface area (Å²) < 4.78 is 213. The quantitative estimate of drug-likeness (QED) is 0.291. The van der Waals surface area contributed by atoms with E-state index >= 15 is 0 Å². The maximum atomic E-state index is 12.5. The molecule has 0 spiro atoms. The summed E-state index contributed by atoms with van der Waals surface area (Å²) in [5.41, 5.74) is -13.4. The van der Waals surface area contributed by atoms with Crippen molar-refractivity contribution in [1.82, 2.24) is 0 Å². The third-order valence-electron chi connectivity index (χ3n) is 2.70. The van der Waals surface area contributed by atoms with Crippen LogP contribution in [0.25, 0.3) is 0 Å². The average molecular weight is 565 g/mol. The number of carbonyl (C=O) groups is 2. The highest BCUT2D eigenvalue weighted by molar-refractivity contribution is 6.34. The highest BCUT2D eigenvalue weighted by Crippen LogP contribution is 2.51. The minimum atomic E-state index is -6.89. The Morgan fingerprint density at radius 1 is 0.375 bits per heavy atom. The van der Waals surface area contributed by atoms with Crippen LogP contribution < -0.4 is 0 Å². The van der Waals surface area contributed by atoms with Crippen LogP contribution in [0.5, 0.6) is 0 Å². The van der Waals surface area contributed by atoms with E-state index in [4.69, 9.17) is 0 Å². The van der Waals surface area contributed by atoms with E-state index in [9.17, 15) is 88.6 Å². The predicted molar refractivity (Wildman–Crippen MR) is 63.5 cm³/mol. The number of carbonyl (C=O) groups excluding carboxylic acids is 2. The number of hydrogen-bond acceptors (Lipinski definition) is 2. The molecule has 0 aromatic carbocycles. The molecule has 0 unspecified atom stereocenters. The first kappa shape index (κ1) is 32.8. The van der Waals surface area contributed by atoms with Gasteiger partial charge in [0.25, 0.3) is 11.6 Å². The molecule has 0 radical (unpaired) electrons. The van der Waals surface area contributed by atoms with Gasteiger partial charge in [0.05, 0.1) is 0 Å². The summed E-state index contributed by atoms with van der Waals surface area (Å²) in [7, 11) is 0. The van der Waals surface area contributed by atoms with Gasteiger partial charge in [-0.3, -0.25) is 9.59 Å². The molecule has 0 N–H and O–H groups in total. The molecule has 0 rings (SSSR count). The Labute approximate surface area is 171 Å². The van der Waals surface area contributed by atoms with Gasteiger partial charge in [-0.25, -0.2) is 8.78 Å². The minimum Gasteiger partial charge on any atom is -0.287 e. The molecule has 0 amide bonds. The van der Waals surface area contributed by atoms with E-state index in [0.29, 0.717) is 0 Å². The fourth-order valence-corrected chi connectivity index (χ4v) is 1.49. The fourth-order valence-electron chi connectivity index (χ4n) is 1.23. The Kier molecular flexibility index (Phi) is 9.02. The van der Waals surface area contributed by atoms with E-state index in [2.05, 4.69) is 23.2 Å². The number of hydrogen-bond donors (Lipinski definition) is 0. The Morgan fingerprint density at radius 3 is 0.531 bits per heavy atom. The number of alkyl halides is 20. The lowest BCUT2D eigenvalue weighted by molar-refractivity contribution is -0.329. The molecule has 192 valence electrons. The van der Waals surface area contributed by atoms with Crippen LogP contribution in [0.2, 0.25) is 0 Å². The fraction of sp³-hybridized carbons (Fsp3) is 0.800. The second-order valence-corrected chi connectivity index (χ2v) is 5.91. The van der Waals surface area contributed by atoms with Crippen LogP contribution >= 0.6 is 23.2 Å². The minimum absolute atomic E-state index is 3.66. The van der Waals surface area contributed by atoms with Crippen molar-refractivity contribution in [2.45, 2.75) is 46.8 Å². The summed E-state index contributed by atoms with van der Waals surface area (Å²) in [4.78, 5) is 20.2. The zero-order valence-corrected chi connectivity index (χ0v) is 14.9. The summed E-state index contributed by atoms with van der Waals surface area (Å²) in [6, 6.07) is 0. The SMILES string of the molecule is O=C(C(F)(F)Cl)C(F)(C(F)(F)F)C(F)(F)F.O=C(C(F)(F)Cl)C(F)(C(F)(F)F)C(F)(F)F. The summed E-state index contributed by atoms with van der Waals surface area (Å²) in [6.07, 6.45) is -27.6. The maximum Gasteiger partial charge on any atom is 0.439 e. The first-order valence-corrected chi connectivity index (χ1v) is 6.94. The van der Waals surface area contributed by atoms with Crippen LogP contribution in [0.3, 0.4) is 0 Å². The zero-order chi connectivity index (χ0) is 27.2. The van der Waals surface area contributed by atoms with Crippen molar-refractivity contribution >= 4 is 34.8 Å². The monoisotopic (exact) mass is 564 g/mol. The Bertz CT molecular complexity index is 599. The molecule has 0 aromatic rings. The lowest BCUT2D eigenvalue weighted by Crippen LogP contribution is -2.62. The molecular weight excluding hydrogens is 565 g/mol. The Morgan fingerprint density at radius 2 is 0.500 bits per heavy atom. The number of Topliss-reactive ketones (excluding diaryl/α,β-unsaturated/α-hetero) is 2. The molecule has 22 heteroatoms. The molecule has 0 saturated carbocycles. The summed E-state index contributed by atoms with van der Waals surface area (Å²) in [5, 5.41) is -11.3. The zero-order valence-electron chi connectivity index (χ0n) is 13.4. The molecule has 0 aliphatic heterocycles. The van der Waals surface area contributed by atoms with Gasteiger partial charge in [-0.1, -0.05) is 0 Å².